The van der Waals surface area contributed by atoms with Crippen LogP contribution in [-0.4, -0.2) is 15.0 Å². The SMILES string of the molecule is CCc1cnc(CNc2nc(Cl)ncc2F)o1. The van der Waals surface area contributed by atoms with Crippen molar-refractivity contribution < 1.29 is 8.81 Å². The molecule has 0 saturated heterocycles. The van der Waals surface area contributed by atoms with Gasteiger partial charge >= 0.3 is 0 Å². The summed E-state index contributed by atoms with van der Waals surface area (Å²) in [5, 5.41) is 2.72. The summed E-state index contributed by atoms with van der Waals surface area (Å²) in [6, 6.07) is 0. The third-order valence-corrected chi connectivity index (χ3v) is 2.25. The fraction of sp³-hybridized carbons (Fsp3) is 0.300. The maximum atomic E-state index is 13.2. The monoisotopic (exact) mass is 256 g/mol. The number of anilines is 1. The predicted octanol–water partition coefficient (Wildman–Crippen LogP) is 2.43. The van der Waals surface area contributed by atoms with Crippen molar-refractivity contribution in [3.8, 4) is 0 Å². The van der Waals surface area contributed by atoms with Crippen molar-refractivity contribution >= 4 is 17.4 Å². The van der Waals surface area contributed by atoms with Crippen LogP contribution in [0, 0.1) is 5.82 Å². The number of hydrogen-bond donors (Lipinski definition) is 1. The number of rotatable bonds is 4. The largest absolute Gasteiger partial charge is 0.444 e. The number of aromatic nitrogens is 3. The second-order valence-electron chi connectivity index (χ2n) is 3.26. The Labute approximate surface area is 102 Å². The molecule has 2 rings (SSSR count). The van der Waals surface area contributed by atoms with Gasteiger partial charge in [0.15, 0.2) is 11.6 Å². The fourth-order valence-corrected chi connectivity index (χ4v) is 1.36. The highest BCUT2D eigenvalue weighted by Crippen LogP contribution is 2.13. The molecule has 0 saturated carbocycles. The molecule has 0 unspecified atom stereocenters. The highest BCUT2D eigenvalue weighted by atomic mass is 35.5. The van der Waals surface area contributed by atoms with Gasteiger partial charge in [-0.2, -0.15) is 4.98 Å². The zero-order chi connectivity index (χ0) is 12.3. The molecule has 90 valence electrons. The first-order chi connectivity index (χ1) is 8.19. The van der Waals surface area contributed by atoms with E-state index in [-0.39, 0.29) is 17.6 Å². The molecule has 0 aliphatic carbocycles. The third-order valence-electron chi connectivity index (χ3n) is 2.07. The quantitative estimate of drug-likeness (QED) is 0.851. The van der Waals surface area contributed by atoms with E-state index in [1.165, 1.54) is 0 Å². The summed E-state index contributed by atoms with van der Waals surface area (Å²) in [5.41, 5.74) is 0. The molecule has 0 aliphatic rings. The van der Waals surface area contributed by atoms with E-state index in [1.807, 2.05) is 6.92 Å². The van der Waals surface area contributed by atoms with Gasteiger partial charge in [0.2, 0.25) is 11.2 Å². The van der Waals surface area contributed by atoms with Gasteiger partial charge in [-0.3, -0.25) is 0 Å². The Morgan fingerprint density at radius 1 is 1.41 bits per heavy atom. The van der Waals surface area contributed by atoms with Crippen molar-refractivity contribution in [3.05, 3.63) is 35.1 Å². The zero-order valence-electron chi connectivity index (χ0n) is 9.07. The van der Waals surface area contributed by atoms with Gasteiger partial charge in [0.05, 0.1) is 18.9 Å². The Kier molecular flexibility index (Phi) is 3.53. The van der Waals surface area contributed by atoms with Crippen LogP contribution >= 0.6 is 11.6 Å². The van der Waals surface area contributed by atoms with E-state index in [0.29, 0.717) is 5.89 Å². The summed E-state index contributed by atoms with van der Waals surface area (Å²) < 4.78 is 18.6. The lowest BCUT2D eigenvalue weighted by atomic mass is 10.4. The molecule has 0 amide bonds. The predicted molar refractivity (Wildman–Crippen MR) is 60.2 cm³/mol. The maximum absolute atomic E-state index is 13.2. The number of hydrogen-bond acceptors (Lipinski definition) is 5. The lowest BCUT2D eigenvalue weighted by Crippen LogP contribution is -2.04. The first-order valence-electron chi connectivity index (χ1n) is 5.04. The first kappa shape index (κ1) is 11.8. The Hall–Kier alpha value is -1.69. The van der Waals surface area contributed by atoms with E-state index in [1.54, 1.807) is 6.20 Å². The van der Waals surface area contributed by atoms with Gasteiger partial charge in [0.25, 0.3) is 0 Å². The average molecular weight is 257 g/mol. The normalized spacial score (nSPS) is 10.5. The molecule has 0 aliphatic heterocycles. The Morgan fingerprint density at radius 2 is 2.24 bits per heavy atom. The lowest BCUT2D eigenvalue weighted by molar-refractivity contribution is 0.465. The minimum atomic E-state index is -0.573. The van der Waals surface area contributed by atoms with Crippen LogP contribution in [-0.2, 0) is 13.0 Å². The van der Waals surface area contributed by atoms with Crippen molar-refractivity contribution in [1.29, 1.82) is 0 Å². The topological polar surface area (TPSA) is 63.8 Å². The van der Waals surface area contributed by atoms with Crippen molar-refractivity contribution in [1.82, 2.24) is 15.0 Å². The number of aryl methyl sites for hydroxylation is 1. The summed E-state index contributed by atoms with van der Waals surface area (Å²) in [5.74, 6) is 0.705. The van der Waals surface area contributed by atoms with Crippen LogP contribution in [0.5, 0.6) is 0 Å². The van der Waals surface area contributed by atoms with Crippen molar-refractivity contribution in [2.24, 2.45) is 0 Å². The molecule has 5 nitrogen and oxygen atoms in total. The van der Waals surface area contributed by atoms with Crippen LogP contribution in [0.4, 0.5) is 10.2 Å². The van der Waals surface area contributed by atoms with Crippen molar-refractivity contribution in [3.63, 3.8) is 0 Å². The van der Waals surface area contributed by atoms with Crippen LogP contribution < -0.4 is 5.32 Å². The lowest BCUT2D eigenvalue weighted by Gasteiger charge is -2.03. The van der Waals surface area contributed by atoms with Crippen LogP contribution in [0.2, 0.25) is 5.28 Å². The average Bonchev–Trinajstić information content (AvgIpc) is 2.78. The zero-order valence-corrected chi connectivity index (χ0v) is 9.83. The highest BCUT2D eigenvalue weighted by Gasteiger charge is 2.07. The summed E-state index contributed by atoms with van der Waals surface area (Å²) in [7, 11) is 0. The first-order valence-corrected chi connectivity index (χ1v) is 5.42. The molecule has 0 aromatic carbocycles. The Morgan fingerprint density at radius 3 is 2.94 bits per heavy atom. The molecule has 17 heavy (non-hydrogen) atoms. The van der Waals surface area contributed by atoms with Crippen LogP contribution in [0.1, 0.15) is 18.6 Å². The van der Waals surface area contributed by atoms with E-state index in [0.717, 1.165) is 18.4 Å². The van der Waals surface area contributed by atoms with E-state index < -0.39 is 5.82 Å². The third kappa shape index (κ3) is 2.91. The van der Waals surface area contributed by atoms with E-state index in [4.69, 9.17) is 16.0 Å². The van der Waals surface area contributed by atoms with Gasteiger partial charge in [0.1, 0.15) is 5.76 Å². The molecule has 0 atom stereocenters. The van der Waals surface area contributed by atoms with Crippen LogP contribution in [0.25, 0.3) is 0 Å². The maximum Gasteiger partial charge on any atom is 0.224 e. The van der Waals surface area contributed by atoms with Crippen molar-refractivity contribution in [2.75, 3.05) is 5.32 Å². The standard InChI is InChI=1S/C10H10ClFN4O/c1-2-6-3-13-8(17-6)5-14-9-7(12)4-15-10(11)16-9/h3-4H,2,5H2,1H3,(H,14,15,16). The molecule has 0 spiro atoms. The number of nitrogens with zero attached hydrogens (tertiary/aromatic N) is 3. The van der Waals surface area contributed by atoms with E-state index in [2.05, 4.69) is 20.3 Å². The molecule has 1 N–H and O–H groups in total. The number of nitrogens with one attached hydrogen (secondary N) is 1. The molecule has 0 radical (unpaired) electrons. The molecule has 2 aromatic heterocycles. The van der Waals surface area contributed by atoms with Gasteiger partial charge in [-0.15, -0.1) is 0 Å². The van der Waals surface area contributed by atoms with Crippen LogP contribution in [0.15, 0.2) is 16.8 Å². The van der Waals surface area contributed by atoms with Gasteiger partial charge in [0, 0.05) is 6.42 Å². The van der Waals surface area contributed by atoms with Gasteiger partial charge < -0.3 is 9.73 Å². The van der Waals surface area contributed by atoms with Crippen LogP contribution in [0.3, 0.4) is 0 Å². The molecule has 0 fully saturated rings. The summed E-state index contributed by atoms with van der Waals surface area (Å²) >= 11 is 5.56. The van der Waals surface area contributed by atoms with E-state index >= 15 is 0 Å². The smallest absolute Gasteiger partial charge is 0.224 e. The fourth-order valence-electron chi connectivity index (χ4n) is 1.22. The summed E-state index contributed by atoms with van der Waals surface area (Å²) in [6.07, 6.45) is 3.41. The molecule has 7 heteroatoms. The second-order valence-corrected chi connectivity index (χ2v) is 3.60. The summed E-state index contributed by atoms with van der Waals surface area (Å²) in [4.78, 5) is 11.3. The molecule has 2 aromatic rings. The minimum Gasteiger partial charge on any atom is -0.444 e. The van der Waals surface area contributed by atoms with Gasteiger partial charge in [-0.1, -0.05) is 6.92 Å². The Balaban J connectivity index is 2.04. The summed E-state index contributed by atoms with van der Waals surface area (Å²) in [6.45, 7) is 2.20. The molecule has 0 bridgehead atoms. The Bertz CT molecular complexity index is 517. The van der Waals surface area contributed by atoms with Crippen molar-refractivity contribution in [2.45, 2.75) is 19.9 Å². The number of oxazole rings is 1. The molecule has 2 heterocycles. The van der Waals surface area contributed by atoms with E-state index in [9.17, 15) is 4.39 Å². The minimum absolute atomic E-state index is 0.0180. The number of halogens is 2. The van der Waals surface area contributed by atoms with Gasteiger partial charge in [-0.25, -0.2) is 14.4 Å². The molecular formula is C10H10ClFN4O. The second kappa shape index (κ2) is 5.09. The van der Waals surface area contributed by atoms with Gasteiger partial charge in [-0.05, 0) is 11.6 Å². The highest BCUT2D eigenvalue weighted by molar-refractivity contribution is 6.28. The molecular weight excluding hydrogens is 247 g/mol.